The number of rotatable bonds is 6. The van der Waals surface area contributed by atoms with E-state index in [0.29, 0.717) is 6.17 Å². The Balaban J connectivity index is 3.64. The molecule has 0 aromatic carbocycles. The molecule has 0 rings (SSSR count). The highest BCUT2D eigenvalue weighted by Gasteiger charge is 2.11. The van der Waals surface area contributed by atoms with Gasteiger partial charge in [0, 0.05) is 9.52 Å². The number of hydrogen-bond donors (Lipinski definition) is 0. The molecule has 0 aromatic rings. The van der Waals surface area contributed by atoms with Crippen LogP contribution in [0, 0.1) is 0 Å². The van der Waals surface area contributed by atoms with E-state index in [1.165, 1.54) is 18.9 Å². The van der Waals surface area contributed by atoms with Gasteiger partial charge in [0.15, 0.2) is 0 Å². The molecular formula is C9H24N2Si. The molecule has 0 fully saturated rings. The van der Waals surface area contributed by atoms with Gasteiger partial charge in [0.05, 0.1) is 6.17 Å². The lowest BCUT2D eigenvalue weighted by molar-refractivity contribution is 0.119. The predicted octanol–water partition coefficient (Wildman–Crippen LogP) is 0.851. The van der Waals surface area contributed by atoms with Crippen LogP contribution in [-0.4, -0.2) is 53.7 Å². The minimum Gasteiger partial charge on any atom is -0.294 e. The van der Waals surface area contributed by atoms with Crippen LogP contribution in [0.1, 0.15) is 12.8 Å². The van der Waals surface area contributed by atoms with Gasteiger partial charge in [-0.1, -0.05) is 19.0 Å². The van der Waals surface area contributed by atoms with Crippen molar-refractivity contribution in [1.82, 2.24) is 9.80 Å². The van der Waals surface area contributed by atoms with Gasteiger partial charge >= 0.3 is 0 Å². The zero-order valence-corrected chi connectivity index (χ0v) is 10.7. The Bertz CT molecular complexity index is 96.7. The predicted molar refractivity (Wildman–Crippen MR) is 59.6 cm³/mol. The van der Waals surface area contributed by atoms with Crippen LogP contribution in [0.15, 0.2) is 0 Å². The Morgan fingerprint density at radius 3 is 1.92 bits per heavy atom. The zero-order chi connectivity index (χ0) is 9.56. The Morgan fingerprint density at radius 1 is 1.08 bits per heavy atom. The third-order valence-corrected chi connectivity index (χ3v) is 3.47. The van der Waals surface area contributed by atoms with Crippen molar-refractivity contribution in [2.45, 2.75) is 31.6 Å². The van der Waals surface area contributed by atoms with Crippen molar-refractivity contribution in [3.05, 3.63) is 0 Å². The first-order valence-electron chi connectivity index (χ1n) is 4.92. The molecule has 0 heterocycles. The van der Waals surface area contributed by atoms with Crippen molar-refractivity contribution in [1.29, 1.82) is 0 Å². The van der Waals surface area contributed by atoms with Crippen molar-refractivity contribution in [2.24, 2.45) is 0 Å². The topological polar surface area (TPSA) is 6.48 Å². The molecule has 0 aliphatic carbocycles. The van der Waals surface area contributed by atoms with Crippen LogP contribution in [-0.2, 0) is 0 Å². The van der Waals surface area contributed by atoms with Crippen LogP contribution in [0.5, 0.6) is 0 Å². The summed E-state index contributed by atoms with van der Waals surface area (Å²) in [5.41, 5.74) is 0. The normalized spacial score (nSPS) is 13.0. The molecular weight excluding hydrogens is 164 g/mol. The lowest BCUT2D eigenvalue weighted by Crippen LogP contribution is -2.40. The first kappa shape index (κ1) is 12.1. The molecule has 0 aromatic heterocycles. The SMILES string of the molecule is C[SiH2]CCCC(N(C)C)N(C)C. The summed E-state index contributed by atoms with van der Waals surface area (Å²) in [5, 5.41) is 0. The molecule has 0 spiro atoms. The van der Waals surface area contributed by atoms with Crippen LogP contribution in [0.3, 0.4) is 0 Å². The highest BCUT2D eigenvalue weighted by molar-refractivity contribution is 6.33. The number of hydrogen-bond acceptors (Lipinski definition) is 2. The van der Waals surface area contributed by atoms with Crippen LogP contribution in [0.2, 0.25) is 12.6 Å². The van der Waals surface area contributed by atoms with E-state index in [1.807, 2.05) is 0 Å². The van der Waals surface area contributed by atoms with Crippen molar-refractivity contribution >= 4 is 9.52 Å². The van der Waals surface area contributed by atoms with Crippen molar-refractivity contribution < 1.29 is 0 Å². The van der Waals surface area contributed by atoms with E-state index in [1.54, 1.807) is 0 Å². The van der Waals surface area contributed by atoms with Gasteiger partial charge in [-0.25, -0.2) is 0 Å². The third kappa shape index (κ3) is 4.90. The molecule has 0 aliphatic rings. The molecule has 12 heavy (non-hydrogen) atoms. The van der Waals surface area contributed by atoms with Crippen LogP contribution < -0.4 is 0 Å². The Hall–Kier alpha value is 0.137. The molecule has 0 saturated carbocycles. The monoisotopic (exact) mass is 188 g/mol. The van der Waals surface area contributed by atoms with Gasteiger partial charge in [0.1, 0.15) is 0 Å². The fourth-order valence-electron chi connectivity index (χ4n) is 1.56. The Labute approximate surface area is 79.8 Å². The fraction of sp³-hybridized carbons (Fsp3) is 1.00. The van der Waals surface area contributed by atoms with Crippen LogP contribution in [0.4, 0.5) is 0 Å². The molecule has 0 saturated heterocycles. The third-order valence-electron chi connectivity index (χ3n) is 2.26. The van der Waals surface area contributed by atoms with E-state index in [9.17, 15) is 0 Å². The average Bonchev–Trinajstić information content (AvgIpc) is 1.96. The maximum absolute atomic E-state index is 2.39. The molecule has 0 atom stereocenters. The lowest BCUT2D eigenvalue weighted by atomic mass is 10.2. The Kier molecular flexibility index (Phi) is 6.71. The quantitative estimate of drug-likeness (QED) is 0.346. The molecule has 0 N–H and O–H groups in total. The van der Waals surface area contributed by atoms with Crippen LogP contribution >= 0.6 is 0 Å². The first-order chi connectivity index (χ1) is 5.59. The molecule has 0 bridgehead atoms. The Morgan fingerprint density at radius 2 is 1.58 bits per heavy atom. The van der Waals surface area contributed by atoms with E-state index in [4.69, 9.17) is 0 Å². The van der Waals surface area contributed by atoms with Crippen molar-refractivity contribution in [3.63, 3.8) is 0 Å². The summed E-state index contributed by atoms with van der Waals surface area (Å²) < 4.78 is 0. The van der Waals surface area contributed by atoms with Gasteiger partial charge in [0.2, 0.25) is 0 Å². The summed E-state index contributed by atoms with van der Waals surface area (Å²) in [6.07, 6.45) is 3.36. The lowest BCUT2D eigenvalue weighted by Gasteiger charge is -2.30. The standard InChI is InChI=1S/C9H24N2Si/c1-10(2)9(11(3)4)7-6-8-12-5/h9H,6-8,12H2,1-5H3. The summed E-state index contributed by atoms with van der Waals surface area (Å²) in [5.74, 6) is 0. The van der Waals surface area contributed by atoms with Crippen molar-refractivity contribution in [2.75, 3.05) is 28.2 Å². The smallest absolute Gasteiger partial charge is 0.0612 e. The molecule has 0 radical (unpaired) electrons. The first-order valence-corrected chi connectivity index (χ1v) is 7.33. The van der Waals surface area contributed by atoms with E-state index in [0.717, 1.165) is 0 Å². The fourth-order valence-corrected chi connectivity index (χ4v) is 2.34. The molecule has 74 valence electrons. The van der Waals surface area contributed by atoms with Crippen LogP contribution in [0.25, 0.3) is 0 Å². The van der Waals surface area contributed by atoms with E-state index in [2.05, 4.69) is 44.5 Å². The van der Waals surface area contributed by atoms with E-state index < -0.39 is 0 Å². The highest BCUT2D eigenvalue weighted by atomic mass is 28.2. The summed E-state index contributed by atoms with van der Waals surface area (Å²) in [6, 6.07) is 1.50. The highest BCUT2D eigenvalue weighted by Crippen LogP contribution is 2.07. The molecule has 0 aliphatic heterocycles. The average molecular weight is 188 g/mol. The zero-order valence-electron chi connectivity index (χ0n) is 9.30. The second kappa shape index (κ2) is 6.63. The molecule has 0 amide bonds. The van der Waals surface area contributed by atoms with E-state index in [-0.39, 0.29) is 9.52 Å². The molecule has 0 unspecified atom stereocenters. The molecule has 3 heteroatoms. The van der Waals surface area contributed by atoms with Gasteiger partial charge in [-0.3, -0.25) is 9.80 Å². The minimum absolute atomic E-state index is 0.285. The van der Waals surface area contributed by atoms with Gasteiger partial charge in [-0.15, -0.1) is 0 Å². The second-order valence-corrected chi connectivity index (χ2v) is 5.61. The van der Waals surface area contributed by atoms with Gasteiger partial charge in [-0.05, 0) is 34.6 Å². The summed E-state index contributed by atoms with van der Waals surface area (Å²) in [6.45, 7) is 2.39. The number of nitrogens with zero attached hydrogens (tertiary/aromatic N) is 2. The minimum atomic E-state index is 0.285. The van der Waals surface area contributed by atoms with Gasteiger partial charge in [-0.2, -0.15) is 0 Å². The second-order valence-electron chi connectivity index (χ2n) is 3.90. The summed E-state index contributed by atoms with van der Waals surface area (Å²) >= 11 is 0. The molecule has 2 nitrogen and oxygen atoms in total. The maximum Gasteiger partial charge on any atom is 0.0612 e. The largest absolute Gasteiger partial charge is 0.294 e. The summed E-state index contributed by atoms with van der Waals surface area (Å²) in [4.78, 5) is 4.61. The maximum atomic E-state index is 2.39. The van der Waals surface area contributed by atoms with Crippen molar-refractivity contribution in [3.8, 4) is 0 Å². The summed E-state index contributed by atoms with van der Waals surface area (Å²) in [7, 11) is 8.93. The van der Waals surface area contributed by atoms with Gasteiger partial charge < -0.3 is 0 Å². The van der Waals surface area contributed by atoms with E-state index >= 15 is 0 Å². The van der Waals surface area contributed by atoms with Gasteiger partial charge in [0.25, 0.3) is 0 Å².